The van der Waals surface area contributed by atoms with E-state index in [1.54, 1.807) is 18.2 Å². The summed E-state index contributed by atoms with van der Waals surface area (Å²) in [5, 5.41) is 0.607. The minimum absolute atomic E-state index is 0.445. The Morgan fingerprint density at radius 1 is 1.25 bits per heavy atom. The molecule has 0 bridgehead atoms. The predicted molar refractivity (Wildman–Crippen MR) is 79.9 cm³/mol. The average Bonchev–Trinajstić information content (AvgIpc) is 2.43. The van der Waals surface area contributed by atoms with Gasteiger partial charge in [-0.15, -0.1) is 0 Å². The van der Waals surface area contributed by atoms with Gasteiger partial charge in [0.25, 0.3) is 0 Å². The standard InChI is InChI=1S/C16H16ClNO2/c1-11-9-13(17)7-8-15(11)20-16(19)14(18)10-12-5-3-2-4-6-12/h2-9,14H,10,18H2,1H3/t14-/m0/s1. The topological polar surface area (TPSA) is 52.3 Å². The van der Waals surface area contributed by atoms with E-state index in [1.165, 1.54) is 0 Å². The van der Waals surface area contributed by atoms with Crippen molar-refractivity contribution in [3.8, 4) is 5.75 Å². The summed E-state index contributed by atoms with van der Waals surface area (Å²) >= 11 is 5.86. The van der Waals surface area contributed by atoms with Crippen LogP contribution < -0.4 is 10.5 Å². The molecule has 20 heavy (non-hydrogen) atoms. The van der Waals surface area contributed by atoms with Gasteiger partial charge in [-0.2, -0.15) is 0 Å². The number of aryl methyl sites for hydroxylation is 1. The summed E-state index contributed by atoms with van der Waals surface area (Å²) in [5.41, 5.74) is 7.68. The number of esters is 1. The van der Waals surface area contributed by atoms with Crippen LogP contribution in [0.2, 0.25) is 5.02 Å². The van der Waals surface area contributed by atoms with Crippen LogP contribution in [0.5, 0.6) is 5.75 Å². The van der Waals surface area contributed by atoms with Crippen LogP contribution in [-0.4, -0.2) is 12.0 Å². The van der Waals surface area contributed by atoms with Gasteiger partial charge in [0.15, 0.2) is 0 Å². The number of carbonyl (C=O) groups excluding carboxylic acids is 1. The van der Waals surface area contributed by atoms with Crippen LogP contribution in [0.4, 0.5) is 0 Å². The maximum atomic E-state index is 12.0. The fourth-order valence-corrected chi connectivity index (χ4v) is 2.09. The fourth-order valence-electron chi connectivity index (χ4n) is 1.86. The summed E-state index contributed by atoms with van der Waals surface area (Å²) in [6.45, 7) is 1.83. The van der Waals surface area contributed by atoms with E-state index in [9.17, 15) is 4.79 Å². The number of benzene rings is 2. The molecule has 0 aromatic heterocycles. The van der Waals surface area contributed by atoms with Crippen LogP contribution >= 0.6 is 11.6 Å². The summed E-state index contributed by atoms with van der Waals surface area (Å²) in [6, 6.07) is 14.0. The van der Waals surface area contributed by atoms with Gasteiger partial charge in [0.2, 0.25) is 0 Å². The highest BCUT2D eigenvalue weighted by Gasteiger charge is 2.17. The predicted octanol–water partition coefficient (Wildman–Crippen LogP) is 3.12. The van der Waals surface area contributed by atoms with Crippen molar-refractivity contribution in [1.29, 1.82) is 0 Å². The van der Waals surface area contributed by atoms with E-state index in [-0.39, 0.29) is 0 Å². The van der Waals surface area contributed by atoms with Gasteiger partial charge in [-0.3, -0.25) is 0 Å². The second-order valence-electron chi connectivity index (χ2n) is 4.63. The van der Waals surface area contributed by atoms with Crippen LogP contribution in [0.1, 0.15) is 11.1 Å². The molecule has 0 saturated heterocycles. The maximum Gasteiger partial charge on any atom is 0.328 e. The molecule has 104 valence electrons. The van der Waals surface area contributed by atoms with Crippen LogP contribution in [0.25, 0.3) is 0 Å². The van der Waals surface area contributed by atoms with Crippen LogP contribution in [0, 0.1) is 6.92 Å². The molecular formula is C16H16ClNO2. The Hall–Kier alpha value is -1.84. The first-order valence-corrected chi connectivity index (χ1v) is 6.71. The van der Waals surface area contributed by atoms with Crippen molar-refractivity contribution in [3.63, 3.8) is 0 Å². The minimum Gasteiger partial charge on any atom is -0.425 e. The fraction of sp³-hybridized carbons (Fsp3) is 0.188. The molecule has 0 aliphatic rings. The van der Waals surface area contributed by atoms with Crippen molar-refractivity contribution < 1.29 is 9.53 Å². The van der Waals surface area contributed by atoms with Crippen molar-refractivity contribution >= 4 is 17.6 Å². The van der Waals surface area contributed by atoms with Crippen molar-refractivity contribution in [3.05, 3.63) is 64.7 Å². The third-order valence-electron chi connectivity index (χ3n) is 2.95. The zero-order valence-corrected chi connectivity index (χ0v) is 11.9. The van der Waals surface area contributed by atoms with Crippen molar-refractivity contribution in [1.82, 2.24) is 0 Å². The molecular weight excluding hydrogens is 274 g/mol. The van der Waals surface area contributed by atoms with Gasteiger partial charge in [-0.1, -0.05) is 41.9 Å². The van der Waals surface area contributed by atoms with Gasteiger partial charge in [0.05, 0.1) is 0 Å². The maximum absolute atomic E-state index is 12.0. The molecule has 0 aliphatic carbocycles. The van der Waals surface area contributed by atoms with Crippen molar-refractivity contribution in [2.75, 3.05) is 0 Å². The number of halogens is 1. The molecule has 0 unspecified atom stereocenters. The molecule has 0 amide bonds. The van der Waals surface area contributed by atoms with E-state index >= 15 is 0 Å². The lowest BCUT2D eigenvalue weighted by atomic mass is 10.1. The largest absolute Gasteiger partial charge is 0.425 e. The minimum atomic E-state index is -0.688. The molecule has 0 aliphatic heterocycles. The van der Waals surface area contributed by atoms with Gasteiger partial charge in [0, 0.05) is 5.02 Å². The second kappa shape index (κ2) is 6.55. The third-order valence-corrected chi connectivity index (χ3v) is 3.18. The van der Waals surface area contributed by atoms with Crippen molar-refractivity contribution in [2.24, 2.45) is 5.73 Å². The summed E-state index contributed by atoms with van der Waals surface area (Å²) < 4.78 is 5.31. The Morgan fingerprint density at radius 3 is 2.60 bits per heavy atom. The number of hydrogen-bond donors (Lipinski definition) is 1. The van der Waals surface area contributed by atoms with E-state index < -0.39 is 12.0 Å². The van der Waals surface area contributed by atoms with E-state index in [0.717, 1.165) is 11.1 Å². The van der Waals surface area contributed by atoms with E-state index in [4.69, 9.17) is 22.1 Å². The summed E-state index contributed by atoms with van der Waals surface area (Å²) in [4.78, 5) is 12.0. The lowest BCUT2D eigenvalue weighted by Gasteiger charge is -2.13. The quantitative estimate of drug-likeness (QED) is 0.695. The monoisotopic (exact) mass is 289 g/mol. The SMILES string of the molecule is Cc1cc(Cl)ccc1OC(=O)[C@@H](N)Cc1ccccc1. The molecule has 2 aromatic carbocycles. The molecule has 0 saturated carbocycles. The number of carbonyl (C=O) groups is 1. The molecule has 4 heteroatoms. The first-order valence-electron chi connectivity index (χ1n) is 6.33. The highest BCUT2D eigenvalue weighted by molar-refractivity contribution is 6.30. The number of nitrogens with two attached hydrogens (primary N) is 1. The molecule has 2 rings (SSSR count). The molecule has 0 heterocycles. The van der Waals surface area contributed by atoms with E-state index in [2.05, 4.69) is 0 Å². The van der Waals surface area contributed by atoms with Gasteiger partial charge in [-0.25, -0.2) is 4.79 Å². The normalized spacial score (nSPS) is 11.9. The van der Waals surface area contributed by atoms with Gasteiger partial charge >= 0.3 is 5.97 Å². The molecule has 0 fully saturated rings. The Morgan fingerprint density at radius 2 is 1.95 bits per heavy atom. The van der Waals surface area contributed by atoms with Crippen molar-refractivity contribution in [2.45, 2.75) is 19.4 Å². The Kier molecular flexibility index (Phi) is 4.77. The Bertz CT molecular complexity index is 599. The molecule has 0 radical (unpaired) electrons. The number of hydrogen-bond acceptors (Lipinski definition) is 3. The van der Waals surface area contributed by atoms with E-state index in [1.807, 2.05) is 37.3 Å². The van der Waals surface area contributed by atoms with Crippen LogP contribution in [0.3, 0.4) is 0 Å². The smallest absolute Gasteiger partial charge is 0.328 e. The highest BCUT2D eigenvalue weighted by Crippen LogP contribution is 2.22. The number of ether oxygens (including phenoxy) is 1. The lowest BCUT2D eigenvalue weighted by molar-refractivity contribution is -0.135. The zero-order valence-electron chi connectivity index (χ0n) is 11.2. The summed E-state index contributed by atoms with van der Waals surface area (Å²) in [7, 11) is 0. The molecule has 1 atom stereocenters. The first-order chi connectivity index (χ1) is 9.56. The first kappa shape index (κ1) is 14.6. The Labute approximate surface area is 123 Å². The highest BCUT2D eigenvalue weighted by atomic mass is 35.5. The zero-order chi connectivity index (χ0) is 14.5. The van der Waals surface area contributed by atoms with Gasteiger partial charge in [-0.05, 0) is 42.7 Å². The Balaban J connectivity index is 2.01. The van der Waals surface area contributed by atoms with Crippen LogP contribution in [0.15, 0.2) is 48.5 Å². The van der Waals surface area contributed by atoms with Gasteiger partial charge < -0.3 is 10.5 Å². The molecule has 3 nitrogen and oxygen atoms in total. The van der Waals surface area contributed by atoms with Crippen LogP contribution in [-0.2, 0) is 11.2 Å². The lowest BCUT2D eigenvalue weighted by Crippen LogP contribution is -2.36. The van der Waals surface area contributed by atoms with Gasteiger partial charge in [0.1, 0.15) is 11.8 Å². The summed E-state index contributed by atoms with van der Waals surface area (Å²) in [5.74, 6) is 0.0437. The second-order valence-corrected chi connectivity index (χ2v) is 5.06. The molecule has 0 spiro atoms. The molecule has 2 N–H and O–H groups in total. The third kappa shape index (κ3) is 3.83. The number of rotatable bonds is 4. The molecule has 2 aromatic rings. The average molecular weight is 290 g/mol. The summed E-state index contributed by atoms with van der Waals surface area (Å²) in [6.07, 6.45) is 0.451. The van der Waals surface area contributed by atoms with E-state index in [0.29, 0.717) is 17.2 Å².